The molecule has 0 saturated carbocycles. The zero-order valence-corrected chi connectivity index (χ0v) is 17.1. The van der Waals surface area contributed by atoms with Gasteiger partial charge >= 0.3 is 0 Å². The molecule has 3 aromatic rings. The second-order valence-electron chi connectivity index (χ2n) is 8.34. The second-order valence-corrected chi connectivity index (χ2v) is 8.34. The molecule has 1 aromatic carbocycles. The topological polar surface area (TPSA) is 93.8 Å². The minimum absolute atomic E-state index is 0.216. The Balaban J connectivity index is 1.48. The number of hydrogen-bond donors (Lipinski definition) is 2. The highest BCUT2D eigenvalue weighted by atomic mass is 16.2. The molecule has 0 spiro atoms. The number of nitrogens with zero attached hydrogens (tertiary/aromatic N) is 4. The minimum Gasteiger partial charge on any atom is -0.317 e. The Bertz CT molecular complexity index is 1110. The van der Waals surface area contributed by atoms with Gasteiger partial charge in [-0.1, -0.05) is 12.1 Å². The van der Waals surface area contributed by atoms with Crippen molar-refractivity contribution in [3.8, 4) is 11.1 Å². The third-order valence-corrected chi connectivity index (χ3v) is 6.26. The molecule has 1 unspecified atom stereocenters. The minimum atomic E-state index is -0.461. The van der Waals surface area contributed by atoms with Gasteiger partial charge < -0.3 is 5.32 Å². The van der Waals surface area contributed by atoms with Crippen molar-refractivity contribution in [2.45, 2.75) is 45.2 Å². The van der Waals surface area contributed by atoms with Gasteiger partial charge in [0.2, 0.25) is 5.91 Å². The van der Waals surface area contributed by atoms with Crippen LogP contribution in [-0.4, -0.2) is 44.5 Å². The van der Waals surface area contributed by atoms with Crippen molar-refractivity contribution in [2.75, 3.05) is 13.1 Å². The Kier molecular flexibility index (Phi) is 4.86. The van der Waals surface area contributed by atoms with E-state index in [4.69, 9.17) is 0 Å². The Morgan fingerprint density at radius 1 is 1.17 bits per heavy atom. The SMILES string of the molecule is Cc1nn(C2CCC(=O)NC2=O)c2cccc(-c3cnn(CC4CCNCC4)c3)c12. The number of carbonyl (C=O) groups is 2. The molecule has 8 nitrogen and oxygen atoms in total. The highest BCUT2D eigenvalue weighted by Gasteiger charge is 2.30. The Morgan fingerprint density at radius 3 is 2.80 bits per heavy atom. The van der Waals surface area contributed by atoms with Crippen LogP contribution in [0.2, 0.25) is 0 Å². The van der Waals surface area contributed by atoms with E-state index in [1.807, 2.05) is 29.9 Å². The van der Waals surface area contributed by atoms with Gasteiger partial charge in [-0.3, -0.25) is 24.3 Å². The van der Waals surface area contributed by atoms with E-state index in [0.29, 0.717) is 18.8 Å². The lowest BCUT2D eigenvalue weighted by molar-refractivity contribution is -0.135. The number of benzene rings is 1. The predicted molar refractivity (Wildman–Crippen MR) is 113 cm³/mol. The smallest absolute Gasteiger partial charge is 0.251 e. The molecule has 156 valence electrons. The predicted octanol–water partition coefficient (Wildman–Crippen LogP) is 2.19. The zero-order chi connectivity index (χ0) is 20.7. The molecule has 2 aromatic heterocycles. The summed E-state index contributed by atoms with van der Waals surface area (Å²) in [5, 5.41) is 16.2. The van der Waals surface area contributed by atoms with Crippen LogP contribution in [0.1, 0.15) is 37.4 Å². The standard InChI is InChI=1S/C22H26N6O2/c1-14-21-17(16-11-24-27(13-16)12-15-7-9-23-10-8-15)3-2-4-18(21)28(26-14)19-5-6-20(29)25-22(19)30/h2-4,11,13,15,19,23H,5-10,12H2,1H3,(H,25,29,30). The van der Waals surface area contributed by atoms with E-state index in [9.17, 15) is 9.59 Å². The Labute approximate surface area is 174 Å². The van der Waals surface area contributed by atoms with Gasteiger partial charge in [-0.15, -0.1) is 0 Å². The van der Waals surface area contributed by atoms with Crippen LogP contribution in [0.15, 0.2) is 30.6 Å². The summed E-state index contributed by atoms with van der Waals surface area (Å²) in [5.41, 5.74) is 3.91. The van der Waals surface area contributed by atoms with Crippen LogP contribution in [0.3, 0.4) is 0 Å². The van der Waals surface area contributed by atoms with Gasteiger partial charge in [0.1, 0.15) is 6.04 Å². The first kappa shape index (κ1) is 19.0. The summed E-state index contributed by atoms with van der Waals surface area (Å²) in [5.74, 6) is 0.161. The number of amides is 2. The lowest BCUT2D eigenvalue weighted by Crippen LogP contribution is -2.42. The fraction of sp³-hybridized carbons (Fsp3) is 0.455. The first-order valence-electron chi connectivity index (χ1n) is 10.6. The molecular formula is C22H26N6O2. The molecule has 0 bridgehead atoms. The summed E-state index contributed by atoms with van der Waals surface area (Å²) in [6, 6.07) is 5.60. The molecule has 2 amide bonds. The normalized spacial score (nSPS) is 20.6. The molecule has 2 saturated heterocycles. The Morgan fingerprint density at radius 2 is 2.00 bits per heavy atom. The molecule has 0 aliphatic carbocycles. The fourth-order valence-electron chi connectivity index (χ4n) is 4.70. The van der Waals surface area contributed by atoms with Crippen molar-refractivity contribution < 1.29 is 9.59 Å². The Hall–Kier alpha value is -3.00. The first-order chi connectivity index (χ1) is 14.6. The highest BCUT2D eigenvalue weighted by Crippen LogP contribution is 2.33. The summed E-state index contributed by atoms with van der Waals surface area (Å²) in [7, 11) is 0. The van der Waals surface area contributed by atoms with Crippen molar-refractivity contribution >= 4 is 22.7 Å². The quantitative estimate of drug-likeness (QED) is 0.648. The number of aromatic nitrogens is 4. The third-order valence-electron chi connectivity index (χ3n) is 6.26. The van der Waals surface area contributed by atoms with E-state index in [2.05, 4.69) is 33.1 Å². The van der Waals surface area contributed by atoms with Gasteiger partial charge in [-0.25, -0.2) is 0 Å². The highest BCUT2D eigenvalue weighted by molar-refractivity contribution is 6.01. The van der Waals surface area contributed by atoms with Crippen molar-refractivity contribution in [1.29, 1.82) is 0 Å². The van der Waals surface area contributed by atoms with Crippen molar-refractivity contribution in [1.82, 2.24) is 30.2 Å². The molecule has 2 aliphatic rings. The van der Waals surface area contributed by atoms with Crippen LogP contribution in [-0.2, 0) is 16.1 Å². The number of hydrogen-bond acceptors (Lipinski definition) is 5. The van der Waals surface area contributed by atoms with Crippen molar-refractivity contribution in [3.63, 3.8) is 0 Å². The molecule has 30 heavy (non-hydrogen) atoms. The van der Waals surface area contributed by atoms with Crippen LogP contribution in [0, 0.1) is 12.8 Å². The number of fused-ring (bicyclic) bond motifs is 1. The number of piperidine rings is 2. The lowest BCUT2D eigenvalue weighted by atomic mass is 9.98. The maximum absolute atomic E-state index is 12.4. The monoisotopic (exact) mass is 406 g/mol. The van der Waals surface area contributed by atoms with Crippen LogP contribution >= 0.6 is 0 Å². The lowest BCUT2D eigenvalue weighted by Gasteiger charge is -2.22. The third kappa shape index (κ3) is 3.41. The van der Waals surface area contributed by atoms with E-state index >= 15 is 0 Å². The number of nitrogens with one attached hydrogen (secondary N) is 2. The summed E-state index contributed by atoms with van der Waals surface area (Å²) < 4.78 is 3.82. The second kappa shape index (κ2) is 7.68. The molecule has 2 aliphatic heterocycles. The van der Waals surface area contributed by atoms with Crippen molar-refractivity contribution in [3.05, 3.63) is 36.3 Å². The van der Waals surface area contributed by atoms with Crippen LogP contribution in [0.5, 0.6) is 0 Å². The number of imide groups is 1. The molecule has 1 atom stereocenters. The van der Waals surface area contributed by atoms with Crippen molar-refractivity contribution in [2.24, 2.45) is 5.92 Å². The van der Waals surface area contributed by atoms with Crippen LogP contribution in [0.4, 0.5) is 0 Å². The van der Waals surface area contributed by atoms with Gasteiger partial charge in [0.15, 0.2) is 0 Å². The van der Waals surface area contributed by atoms with Gasteiger partial charge in [0.05, 0.1) is 17.4 Å². The number of rotatable bonds is 4. The van der Waals surface area contributed by atoms with E-state index in [-0.39, 0.29) is 11.8 Å². The van der Waals surface area contributed by atoms with Crippen LogP contribution in [0.25, 0.3) is 22.0 Å². The molecule has 5 rings (SSSR count). The molecule has 0 radical (unpaired) electrons. The summed E-state index contributed by atoms with van der Waals surface area (Å²) >= 11 is 0. The average Bonchev–Trinajstić information content (AvgIpc) is 3.34. The molecule has 8 heteroatoms. The van der Waals surface area contributed by atoms with E-state index in [1.54, 1.807) is 4.68 Å². The molecule has 4 heterocycles. The van der Waals surface area contributed by atoms with Crippen LogP contribution < -0.4 is 10.6 Å². The van der Waals surface area contributed by atoms with Gasteiger partial charge in [0.25, 0.3) is 5.91 Å². The zero-order valence-electron chi connectivity index (χ0n) is 17.1. The van der Waals surface area contributed by atoms with E-state index in [0.717, 1.165) is 47.4 Å². The molecule has 2 fully saturated rings. The van der Waals surface area contributed by atoms with Gasteiger partial charge in [-0.05, 0) is 56.8 Å². The number of carbonyl (C=O) groups excluding carboxylic acids is 2. The van der Waals surface area contributed by atoms with Gasteiger partial charge in [-0.2, -0.15) is 10.2 Å². The number of aryl methyl sites for hydroxylation is 1. The average molecular weight is 406 g/mol. The van der Waals surface area contributed by atoms with Gasteiger partial charge in [0, 0.05) is 30.1 Å². The maximum atomic E-state index is 12.4. The van der Waals surface area contributed by atoms with E-state index in [1.165, 1.54) is 12.8 Å². The molecular weight excluding hydrogens is 380 g/mol. The maximum Gasteiger partial charge on any atom is 0.251 e. The summed E-state index contributed by atoms with van der Waals surface area (Å²) in [4.78, 5) is 23.9. The largest absolute Gasteiger partial charge is 0.317 e. The fourth-order valence-corrected chi connectivity index (χ4v) is 4.70. The van der Waals surface area contributed by atoms with E-state index < -0.39 is 6.04 Å². The first-order valence-corrected chi connectivity index (χ1v) is 10.6. The summed E-state index contributed by atoms with van der Waals surface area (Å²) in [6.07, 6.45) is 7.20. The summed E-state index contributed by atoms with van der Waals surface area (Å²) in [6.45, 7) is 5.06. The molecule has 2 N–H and O–H groups in total.